The molecule has 0 aromatic carbocycles. The first kappa shape index (κ1) is 16.7. The van der Waals surface area contributed by atoms with E-state index in [0.29, 0.717) is 39.0 Å². The molecule has 0 radical (unpaired) electrons. The van der Waals surface area contributed by atoms with Crippen LogP contribution in [0.25, 0.3) is 0 Å². The summed E-state index contributed by atoms with van der Waals surface area (Å²) < 4.78 is 5.13. The first-order valence-corrected chi connectivity index (χ1v) is 8.96. The number of aromatic nitrogens is 1. The molecule has 0 atom stereocenters. The van der Waals surface area contributed by atoms with Crippen LogP contribution in [0.1, 0.15) is 33.1 Å². The van der Waals surface area contributed by atoms with Crippen LogP contribution in [0.5, 0.6) is 0 Å². The maximum absolute atomic E-state index is 12.4. The van der Waals surface area contributed by atoms with Crippen molar-refractivity contribution in [2.75, 3.05) is 26.2 Å². The zero-order valence-corrected chi connectivity index (χ0v) is 14.8. The molecule has 2 amide bonds. The summed E-state index contributed by atoms with van der Waals surface area (Å²) in [5, 5.41) is 5.82. The van der Waals surface area contributed by atoms with Gasteiger partial charge < -0.3 is 14.3 Å². The summed E-state index contributed by atoms with van der Waals surface area (Å²) in [4.78, 5) is 29.1. The Kier molecular flexibility index (Phi) is 4.99. The number of carbonyl (C=O) groups excluding carboxylic acids is 2. The van der Waals surface area contributed by atoms with Crippen molar-refractivity contribution in [3.05, 3.63) is 39.4 Å². The molecule has 3 rings (SSSR count). The van der Waals surface area contributed by atoms with Crippen LogP contribution in [0, 0.1) is 13.8 Å². The molecule has 128 valence electrons. The predicted octanol–water partition coefficient (Wildman–Crippen LogP) is 2.27. The molecule has 1 aliphatic rings. The minimum Gasteiger partial charge on any atom is -0.361 e. The van der Waals surface area contributed by atoms with E-state index in [1.54, 1.807) is 0 Å². The smallest absolute Gasteiger partial charge is 0.264 e. The monoisotopic (exact) mass is 347 g/mol. The molecule has 6 nitrogen and oxygen atoms in total. The van der Waals surface area contributed by atoms with Gasteiger partial charge in [0.05, 0.1) is 10.6 Å². The fourth-order valence-corrected chi connectivity index (χ4v) is 3.65. The van der Waals surface area contributed by atoms with Crippen LogP contribution >= 0.6 is 11.3 Å². The quantitative estimate of drug-likeness (QED) is 0.851. The molecule has 1 fully saturated rings. The van der Waals surface area contributed by atoms with E-state index in [1.807, 2.05) is 41.2 Å². The van der Waals surface area contributed by atoms with Gasteiger partial charge in [0.1, 0.15) is 5.76 Å². The second-order valence-electron chi connectivity index (χ2n) is 5.95. The normalized spacial score (nSPS) is 14.9. The van der Waals surface area contributed by atoms with E-state index in [4.69, 9.17) is 4.52 Å². The van der Waals surface area contributed by atoms with Gasteiger partial charge in [-0.2, -0.15) is 0 Å². The summed E-state index contributed by atoms with van der Waals surface area (Å²) in [7, 11) is 0. The Bertz CT molecular complexity index is 696. The minimum absolute atomic E-state index is 0.0628. The van der Waals surface area contributed by atoms with Crippen molar-refractivity contribution in [2.45, 2.75) is 26.7 Å². The summed E-state index contributed by atoms with van der Waals surface area (Å²) in [5.74, 6) is 0.970. The van der Waals surface area contributed by atoms with Crippen LogP contribution in [0.15, 0.2) is 22.0 Å². The molecule has 0 spiro atoms. The van der Waals surface area contributed by atoms with Crippen LogP contribution < -0.4 is 0 Å². The van der Waals surface area contributed by atoms with Crippen molar-refractivity contribution in [1.29, 1.82) is 0 Å². The van der Waals surface area contributed by atoms with Gasteiger partial charge in [-0.3, -0.25) is 9.59 Å². The molecule has 2 aromatic rings. The lowest BCUT2D eigenvalue weighted by atomic mass is 10.1. The second-order valence-corrected chi connectivity index (χ2v) is 6.90. The highest BCUT2D eigenvalue weighted by molar-refractivity contribution is 7.12. The lowest BCUT2D eigenvalue weighted by molar-refractivity contribution is -0.132. The highest BCUT2D eigenvalue weighted by atomic mass is 32.1. The van der Waals surface area contributed by atoms with E-state index in [2.05, 4.69) is 5.16 Å². The number of carbonyl (C=O) groups is 2. The Hall–Kier alpha value is -2.15. The molecule has 1 aliphatic heterocycles. The number of aryl methyl sites for hydroxylation is 2. The fraction of sp³-hybridized carbons (Fsp3) is 0.471. The highest BCUT2D eigenvalue weighted by Crippen LogP contribution is 2.17. The molecular formula is C17H21N3O3S. The average molecular weight is 347 g/mol. The fourth-order valence-electron chi connectivity index (χ4n) is 2.96. The van der Waals surface area contributed by atoms with Crippen LogP contribution in [0.4, 0.5) is 0 Å². The first-order chi connectivity index (χ1) is 11.6. The number of amides is 2. The maximum Gasteiger partial charge on any atom is 0.264 e. The molecule has 7 heteroatoms. The topological polar surface area (TPSA) is 66.7 Å². The van der Waals surface area contributed by atoms with Crippen molar-refractivity contribution in [1.82, 2.24) is 15.0 Å². The van der Waals surface area contributed by atoms with Crippen molar-refractivity contribution in [3.8, 4) is 0 Å². The van der Waals surface area contributed by atoms with E-state index in [9.17, 15) is 9.59 Å². The number of piperazine rings is 1. The second kappa shape index (κ2) is 7.17. The number of hydrogen-bond acceptors (Lipinski definition) is 5. The predicted molar refractivity (Wildman–Crippen MR) is 91.1 cm³/mol. The number of nitrogens with zero attached hydrogens (tertiary/aromatic N) is 3. The van der Waals surface area contributed by atoms with Gasteiger partial charge in [0, 0.05) is 38.2 Å². The van der Waals surface area contributed by atoms with Gasteiger partial charge in [0.25, 0.3) is 5.91 Å². The lowest BCUT2D eigenvalue weighted by Crippen LogP contribution is -2.50. The van der Waals surface area contributed by atoms with Gasteiger partial charge >= 0.3 is 0 Å². The number of rotatable bonds is 4. The maximum atomic E-state index is 12.4. The molecule has 24 heavy (non-hydrogen) atoms. The SMILES string of the molecule is Cc1noc(C)c1CCC(=O)N1CCN(C(=O)c2cccs2)CC1. The van der Waals surface area contributed by atoms with Gasteiger partial charge in [-0.25, -0.2) is 0 Å². The van der Waals surface area contributed by atoms with Gasteiger partial charge in [0.15, 0.2) is 0 Å². The molecule has 0 bridgehead atoms. The van der Waals surface area contributed by atoms with Gasteiger partial charge in [-0.15, -0.1) is 11.3 Å². The third-order valence-corrected chi connectivity index (χ3v) is 5.28. The Morgan fingerprint density at radius 1 is 1.21 bits per heavy atom. The van der Waals surface area contributed by atoms with Crippen molar-refractivity contribution >= 4 is 23.2 Å². The van der Waals surface area contributed by atoms with Crippen LogP contribution in [0.2, 0.25) is 0 Å². The van der Waals surface area contributed by atoms with Gasteiger partial charge in [0.2, 0.25) is 5.91 Å². The number of thiophene rings is 1. The largest absolute Gasteiger partial charge is 0.361 e. The average Bonchev–Trinajstić information content (AvgIpc) is 3.23. The van der Waals surface area contributed by atoms with E-state index >= 15 is 0 Å². The summed E-state index contributed by atoms with van der Waals surface area (Å²) in [5.41, 5.74) is 1.88. The van der Waals surface area contributed by atoms with Crippen LogP contribution in [-0.2, 0) is 11.2 Å². The molecular weight excluding hydrogens is 326 g/mol. The Morgan fingerprint density at radius 3 is 2.50 bits per heavy atom. The third-order valence-electron chi connectivity index (χ3n) is 4.42. The summed E-state index contributed by atoms with van der Waals surface area (Å²) >= 11 is 1.45. The minimum atomic E-state index is 0.0628. The molecule has 0 N–H and O–H groups in total. The summed E-state index contributed by atoms with van der Waals surface area (Å²) in [6.07, 6.45) is 1.09. The first-order valence-electron chi connectivity index (χ1n) is 8.08. The van der Waals surface area contributed by atoms with Crippen molar-refractivity contribution in [3.63, 3.8) is 0 Å². The molecule has 2 aromatic heterocycles. The molecule has 1 saturated heterocycles. The Morgan fingerprint density at radius 2 is 1.92 bits per heavy atom. The van der Waals surface area contributed by atoms with E-state index in [1.165, 1.54) is 11.3 Å². The van der Waals surface area contributed by atoms with Gasteiger partial charge in [-0.1, -0.05) is 11.2 Å². The number of hydrogen-bond donors (Lipinski definition) is 0. The van der Waals surface area contributed by atoms with Crippen LogP contribution in [0.3, 0.4) is 0 Å². The van der Waals surface area contributed by atoms with E-state index in [0.717, 1.165) is 21.9 Å². The molecule has 0 unspecified atom stereocenters. The molecule has 0 saturated carbocycles. The summed E-state index contributed by atoms with van der Waals surface area (Å²) in [6, 6.07) is 3.72. The molecule has 3 heterocycles. The zero-order chi connectivity index (χ0) is 17.1. The summed E-state index contributed by atoms with van der Waals surface area (Å²) in [6.45, 7) is 6.14. The lowest BCUT2D eigenvalue weighted by Gasteiger charge is -2.34. The zero-order valence-electron chi connectivity index (χ0n) is 13.9. The van der Waals surface area contributed by atoms with E-state index < -0.39 is 0 Å². The Balaban J connectivity index is 1.49. The third kappa shape index (κ3) is 3.51. The van der Waals surface area contributed by atoms with E-state index in [-0.39, 0.29) is 11.8 Å². The highest BCUT2D eigenvalue weighted by Gasteiger charge is 2.25. The Labute approximate surface area is 145 Å². The van der Waals surface area contributed by atoms with Gasteiger partial charge in [-0.05, 0) is 31.7 Å². The molecule has 0 aliphatic carbocycles. The van der Waals surface area contributed by atoms with Crippen molar-refractivity contribution < 1.29 is 14.1 Å². The standard InChI is InChI=1S/C17H21N3O3S/c1-12-14(13(2)23-18-12)5-6-16(21)19-7-9-20(10-8-19)17(22)15-4-3-11-24-15/h3-4,11H,5-10H2,1-2H3. The van der Waals surface area contributed by atoms with Crippen molar-refractivity contribution in [2.24, 2.45) is 0 Å². The van der Waals surface area contributed by atoms with Crippen LogP contribution in [-0.4, -0.2) is 52.9 Å².